The lowest BCUT2D eigenvalue weighted by Gasteiger charge is -2.22. The van der Waals surface area contributed by atoms with E-state index in [0.29, 0.717) is 19.4 Å². The predicted octanol–water partition coefficient (Wildman–Crippen LogP) is 2.42. The molecule has 0 bridgehead atoms. The van der Waals surface area contributed by atoms with Gasteiger partial charge >= 0.3 is 0 Å². The predicted molar refractivity (Wildman–Crippen MR) is 96.5 cm³/mol. The normalized spacial score (nSPS) is 14.0. The van der Waals surface area contributed by atoms with Crippen LogP contribution in [0.5, 0.6) is 5.75 Å². The quantitative estimate of drug-likeness (QED) is 0.880. The first-order valence-electron chi connectivity index (χ1n) is 8.51. The molecule has 0 aliphatic carbocycles. The molecule has 0 spiro atoms. The first kappa shape index (κ1) is 17.0. The van der Waals surface area contributed by atoms with Crippen molar-refractivity contribution in [3.8, 4) is 5.75 Å². The summed E-state index contributed by atoms with van der Waals surface area (Å²) in [6.07, 6.45) is 1.72. The number of para-hydroxylation sites is 1. The molecule has 0 radical (unpaired) electrons. The Hall–Kier alpha value is -2.82. The fourth-order valence-corrected chi connectivity index (χ4v) is 3.10. The van der Waals surface area contributed by atoms with Crippen molar-refractivity contribution < 1.29 is 14.7 Å². The number of aryl methyl sites for hydroxylation is 1. The van der Waals surface area contributed by atoms with Gasteiger partial charge in [0.2, 0.25) is 11.8 Å². The Labute approximate surface area is 147 Å². The number of carbonyl (C=O) groups excluding carboxylic acids is 2. The maximum absolute atomic E-state index is 12.6. The second-order valence-corrected chi connectivity index (χ2v) is 6.32. The topological polar surface area (TPSA) is 69.6 Å². The Kier molecular flexibility index (Phi) is 5.03. The average Bonchev–Trinajstić information content (AvgIpc) is 3.04. The van der Waals surface area contributed by atoms with Crippen LogP contribution in [0.4, 0.5) is 5.69 Å². The van der Waals surface area contributed by atoms with Crippen LogP contribution in [0.3, 0.4) is 0 Å². The number of fused-ring (bicyclic) bond motifs is 1. The minimum atomic E-state index is -0.557. The van der Waals surface area contributed by atoms with Gasteiger partial charge in [0.1, 0.15) is 11.8 Å². The van der Waals surface area contributed by atoms with E-state index in [1.807, 2.05) is 24.3 Å². The van der Waals surface area contributed by atoms with Gasteiger partial charge in [-0.1, -0.05) is 30.3 Å². The molecule has 2 amide bonds. The molecule has 2 aromatic carbocycles. The zero-order chi connectivity index (χ0) is 17.8. The third-order valence-electron chi connectivity index (χ3n) is 4.48. The van der Waals surface area contributed by atoms with Gasteiger partial charge in [-0.2, -0.15) is 0 Å². The van der Waals surface area contributed by atoms with Crippen molar-refractivity contribution in [1.29, 1.82) is 0 Å². The summed E-state index contributed by atoms with van der Waals surface area (Å²) in [6.45, 7) is 2.38. The maximum atomic E-state index is 12.6. The highest BCUT2D eigenvalue weighted by molar-refractivity contribution is 6.00. The molecule has 0 saturated carbocycles. The van der Waals surface area contributed by atoms with Crippen molar-refractivity contribution in [3.05, 3.63) is 59.7 Å². The fraction of sp³-hybridized carbons (Fsp3) is 0.300. The molecule has 2 N–H and O–H groups in total. The van der Waals surface area contributed by atoms with Crippen LogP contribution in [0.25, 0.3) is 0 Å². The van der Waals surface area contributed by atoms with Gasteiger partial charge in [-0.3, -0.25) is 9.59 Å². The number of anilines is 1. The van der Waals surface area contributed by atoms with Crippen LogP contribution in [-0.2, 0) is 22.4 Å². The van der Waals surface area contributed by atoms with Crippen LogP contribution < -0.4 is 10.2 Å². The molecule has 1 aliphatic heterocycles. The molecule has 0 saturated heterocycles. The highest BCUT2D eigenvalue weighted by Crippen LogP contribution is 2.27. The van der Waals surface area contributed by atoms with Crippen LogP contribution in [0, 0.1) is 0 Å². The Balaban J connectivity index is 1.53. The number of carbonyl (C=O) groups is 2. The zero-order valence-corrected chi connectivity index (χ0v) is 14.2. The third kappa shape index (κ3) is 3.99. The summed E-state index contributed by atoms with van der Waals surface area (Å²) < 4.78 is 0. The van der Waals surface area contributed by atoms with Crippen molar-refractivity contribution in [2.45, 2.75) is 32.2 Å². The van der Waals surface area contributed by atoms with E-state index in [0.717, 1.165) is 17.7 Å². The van der Waals surface area contributed by atoms with Crippen LogP contribution >= 0.6 is 0 Å². The molecule has 0 unspecified atom stereocenters. The summed E-state index contributed by atoms with van der Waals surface area (Å²) in [5, 5.41) is 12.1. The van der Waals surface area contributed by atoms with Gasteiger partial charge in [-0.15, -0.1) is 0 Å². The Morgan fingerprint density at radius 2 is 1.88 bits per heavy atom. The van der Waals surface area contributed by atoms with E-state index < -0.39 is 6.04 Å². The minimum absolute atomic E-state index is 0.0806. The maximum Gasteiger partial charge on any atom is 0.249 e. The van der Waals surface area contributed by atoms with Crippen LogP contribution in [-0.4, -0.2) is 29.5 Å². The number of aromatic hydroxyl groups is 1. The lowest BCUT2D eigenvalue weighted by Crippen LogP contribution is -2.46. The van der Waals surface area contributed by atoms with Crippen molar-refractivity contribution in [2.75, 3.05) is 11.4 Å². The molecule has 1 atom stereocenters. The Morgan fingerprint density at radius 3 is 2.64 bits per heavy atom. The van der Waals surface area contributed by atoms with Gasteiger partial charge in [-0.25, -0.2) is 0 Å². The van der Waals surface area contributed by atoms with E-state index in [1.165, 1.54) is 5.56 Å². The summed E-state index contributed by atoms with van der Waals surface area (Å²) in [5.74, 6) is -0.0253. The number of phenolic OH excluding ortho intramolecular Hbond substituents is 1. The number of hydrogen-bond acceptors (Lipinski definition) is 3. The highest BCUT2D eigenvalue weighted by atomic mass is 16.3. The molecule has 5 heteroatoms. The second kappa shape index (κ2) is 7.38. The Morgan fingerprint density at radius 1 is 1.16 bits per heavy atom. The summed E-state index contributed by atoms with van der Waals surface area (Å²) >= 11 is 0. The van der Waals surface area contributed by atoms with Crippen molar-refractivity contribution in [3.63, 3.8) is 0 Å². The molecule has 3 rings (SSSR count). The van der Waals surface area contributed by atoms with Crippen LogP contribution in [0.1, 0.15) is 24.5 Å². The van der Waals surface area contributed by atoms with Gasteiger partial charge < -0.3 is 15.3 Å². The Bertz CT molecular complexity index is 771. The van der Waals surface area contributed by atoms with E-state index in [9.17, 15) is 14.7 Å². The zero-order valence-electron chi connectivity index (χ0n) is 14.2. The van der Waals surface area contributed by atoms with Gasteiger partial charge in [-0.05, 0) is 49.1 Å². The van der Waals surface area contributed by atoms with Crippen molar-refractivity contribution >= 4 is 17.5 Å². The fourth-order valence-electron chi connectivity index (χ4n) is 3.10. The first-order valence-corrected chi connectivity index (χ1v) is 8.51. The van der Waals surface area contributed by atoms with Crippen molar-refractivity contribution in [1.82, 2.24) is 5.32 Å². The number of benzene rings is 2. The number of hydrogen-bond donors (Lipinski definition) is 2. The number of rotatable bonds is 5. The summed E-state index contributed by atoms with van der Waals surface area (Å²) in [7, 11) is 0. The molecular formula is C20H22N2O3. The standard InChI is InChI=1S/C20H22N2O3/c1-14(20(25)22-13-12-16-4-2-3-5-18(16)22)21-19(24)11-8-15-6-9-17(23)10-7-15/h2-7,9-10,14,23H,8,11-13H2,1H3,(H,21,24)/t14-/m1/s1. The average molecular weight is 338 g/mol. The lowest BCUT2D eigenvalue weighted by atomic mass is 10.1. The van der Waals surface area contributed by atoms with Crippen LogP contribution in [0.2, 0.25) is 0 Å². The first-order chi connectivity index (χ1) is 12.0. The summed E-state index contributed by atoms with van der Waals surface area (Å²) in [6, 6.07) is 14.1. The smallest absolute Gasteiger partial charge is 0.249 e. The molecular weight excluding hydrogens is 316 g/mol. The van der Waals surface area contributed by atoms with Crippen molar-refractivity contribution in [2.24, 2.45) is 0 Å². The molecule has 5 nitrogen and oxygen atoms in total. The van der Waals surface area contributed by atoms with E-state index in [-0.39, 0.29) is 17.6 Å². The molecule has 130 valence electrons. The lowest BCUT2D eigenvalue weighted by molar-refractivity contribution is -0.127. The molecule has 2 aromatic rings. The third-order valence-corrected chi connectivity index (χ3v) is 4.48. The second-order valence-electron chi connectivity index (χ2n) is 6.32. The number of phenols is 1. The summed E-state index contributed by atoms with van der Waals surface area (Å²) in [4.78, 5) is 26.5. The molecule has 0 aromatic heterocycles. The van der Waals surface area contributed by atoms with E-state index >= 15 is 0 Å². The number of amides is 2. The van der Waals surface area contributed by atoms with Crippen LogP contribution in [0.15, 0.2) is 48.5 Å². The number of nitrogens with zero attached hydrogens (tertiary/aromatic N) is 1. The molecule has 0 fully saturated rings. The van der Waals surface area contributed by atoms with E-state index in [2.05, 4.69) is 5.32 Å². The SMILES string of the molecule is C[C@@H](NC(=O)CCc1ccc(O)cc1)C(=O)N1CCc2ccccc21. The molecule has 1 aliphatic rings. The van der Waals surface area contributed by atoms with E-state index in [4.69, 9.17) is 0 Å². The minimum Gasteiger partial charge on any atom is -0.508 e. The van der Waals surface area contributed by atoms with Gasteiger partial charge in [0.25, 0.3) is 0 Å². The highest BCUT2D eigenvalue weighted by Gasteiger charge is 2.28. The van der Waals surface area contributed by atoms with Gasteiger partial charge in [0.15, 0.2) is 0 Å². The van der Waals surface area contributed by atoms with Gasteiger partial charge in [0.05, 0.1) is 0 Å². The number of nitrogens with one attached hydrogen (secondary N) is 1. The van der Waals surface area contributed by atoms with E-state index in [1.54, 1.807) is 36.1 Å². The molecule has 1 heterocycles. The monoisotopic (exact) mass is 338 g/mol. The molecule has 25 heavy (non-hydrogen) atoms. The largest absolute Gasteiger partial charge is 0.508 e. The summed E-state index contributed by atoms with van der Waals surface area (Å²) in [5.41, 5.74) is 3.08. The van der Waals surface area contributed by atoms with Gasteiger partial charge in [0, 0.05) is 18.7 Å².